The van der Waals surface area contributed by atoms with Gasteiger partial charge in [0.25, 0.3) is 0 Å². The Morgan fingerprint density at radius 1 is 0.942 bits per heavy atom. The van der Waals surface area contributed by atoms with E-state index in [1.807, 2.05) is 79.7 Å². The van der Waals surface area contributed by atoms with Gasteiger partial charge in [0.2, 0.25) is 5.56 Å². The fraction of sp³-hybridized carbons (Fsp3) is 0.317. The van der Waals surface area contributed by atoms with Crippen LogP contribution >= 0.6 is 0 Å². The number of carbonyl (C=O) groups is 1. The highest BCUT2D eigenvalue weighted by atomic mass is 16.6. The van der Waals surface area contributed by atoms with Gasteiger partial charge in [0.15, 0.2) is 0 Å². The minimum absolute atomic E-state index is 0.0542. The zero-order valence-electron chi connectivity index (χ0n) is 29.4. The van der Waals surface area contributed by atoms with Gasteiger partial charge >= 0.3 is 6.09 Å². The van der Waals surface area contributed by atoms with E-state index >= 15 is 0 Å². The zero-order valence-corrected chi connectivity index (χ0v) is 29.4. The number of aromatic amines is 1. The van der Waals surface area contributed by atoms with Crippen molar-refractivity contribution in [1.29, 1.82) is 0 Å². The highest BCUT2D eigenvalue weighted by Crippen LogP contribution is 2.30. The summed E-state index contributed by atoms with van der Waals surface area (Å²) in [4.78, 5) is 27.5. The second-order valence-electron chi connectivity index (χ2n) is 13.1. The molecule has 1 aliphatic rings. The van der Waals surface area contributed by atoms with Gasteiger partial charge < -0.3 is 45.4 Å². The molecule has 1 saturated heterocycles. The lowest BCUT2D eigenvalue weighted by Gasteiger charge is -2.29. The lowest BCUT2D eigenvalue weighted by molar-refractivity contribution is 0.0605. The van der Waals surface area contributed by atoms with E-state index in [0.29, 0.717) is 47.0 Å². The summed E-state index contributed by atoms with van der Waals surface area (Å²) in [6.45, 7) is 4.80. The number of amides is 1. The Balaban J connectivity index is 1.07. The molecule has 1 aliphatic heterocycles. The minimum Gasteiger partial charge on any atom is -0.506 e. The number of phenols is 1. The number of methoxy groups -OCH3 is 1. The van der Waals surface area contributed by atoms with Crippen molar-refractivity contribution < 1.29 is 29.2 Å². The number of aliphatic hydroxyl groups is 1. The maximum absolute atomic E-state index is 13.1. The van der Waals surface area contributed by atoms with Gasteiger partial charge in [-0.05, 0) is 91.4 Å². The van der Waals surface area contributed by atoms with Crippen LogP contribution in [0.4, 0.5) is 4.79 Å². The standard InChI is InChI=1S/C41H46N4O7/c1-26(28-17-19-42-20-18-28)52-41(49)45-39(29-7-4-3-5-8-29)30-9-6-10-32(22-30)51-25-27-11-12-31(37(21-27)50-2)23-43-24-36(47)33-13-15-35(46)40-34(33)14-16-38(48)44-40/h3-16,21-22,26,28,36,39,42-43,46-47H,17-20,23-25H2,1-2H3,(H,44,48)(H,45,49)/t26-,36?,39?/m0/s1. The molecule has 3 atom stereocenters. The number of aromatic hydroxyl groups is 1. The first-order valence-corrected chi connectivity index (χ1v) is 17.6. The Labute approximate surface area is 303 Å². The molecule has 11 nitrogen and oxygen atoms in total. The normalized spacial score (nSPS) is 15.1. The fourth-order valence-electron chi connectivity index (χ4n) is 6.71. The van der Waals surface area contributed by atoms with E-state index in [0.717, 1.165) is 48.2 Å². The molecule has 0 aliphatic carbocycles. The molecule has 1 aromatic heterocycles. The number of H-pyrrole nitrogens is 1. The summed E-state index contributed by atoms with van der Waals surface area (Å²) >= 11 is 0. The number of benzene rings is 4. The molecule has 4 aromatic carbocycles. The molecule has 6 rings (SSSR count). The van der Waals surface area contributed by atoms with E-state index in [1.54, 1.807) is 19.2 Å². The van der Waals surface area contributed by atoms with Crippen LogP contribution < -0.4 is 31.0 Å². The Morgan fingerprint density at radius 3 is 2.52 bits per heavy atom. The molecular weight excluding hydrogens is 660 g/mol. The summed E-state index contributed by atoms with van der Waals surface area (Å²) in [6.07, 6.45) is 0.454. The Morgan fingerprint density at radius 2 is 1.73 bits per heavy atom. The van der Waals surface area contributed by atoms with Crippen LogP contribution in [0.3, 0.4) is 0 Å². The zero-order chi connectivity index (χ0) is 36.5. The Bertz CT molecular complexity index is 2010. The summed E-state index contributed by atoms with van der Waals surface area (Å²) in [6, 6.07) is 29.0. The van der Waals surface area contributed by atoms with Gasteiger partial charge in [0.1, 0.15) is 30.0 Å². The van der Waals surface area contributed by atoms with Crippen LogP contribution in [-0.2, 0) is 17.9 Å². The number of fused-ring (bicyclic) bond motifs is 1. The SMILES string of the molecule is COc1cc(COc2cccc(C(NC(=O)O[C@@H](C)C3CCNCC3)c3ccccc3)c2)ccc1CNCC(O)c1ccc(O)c2[nH]c(=O)ccc12. The third kappa shape index (κ3) is 9.10. The van der Waals surface area contributed by atoms with E-state index in [4.69, 9.17) is 14.2 Å². The van der Waals surface area contributed by atoms with Gasteiger partial charge in [-0.25, -0.2) is 4.79 Å². The summed E-state index contributed by atoms with van der Waals surface area (Å²) in [5.74, 6) is 1.61. The lowest BCUT2D eigenvalue weighted by atomic mass is 9.93. The molecule has 0 radical (unpaired) electrons. The number of aliphatic hydroxyl groups excluding tert-OH is 1. The number of piperidine rings is 1. The molecule has 0 bridgehead atoms. The third-order valence-corrected chi connectivity index (χ3v) is 9.60. The predicted molar refractivity (Wildman–Crippen MR) is 200 cm³/mol. The summed E-state index contributed by atoms with van der Waals surface area (Å²) < 4.78 is 17.8. The van der Waals surface area contributed by atoms with Crippen LogP contribution in [0, 0.1) is 5.92 Å². The van der Waals surface area contributed by atoms with Crippen molar-refractivity contribution in [3.05, 3.63) is 135 Å². The molecule has 11 heteroatoms. The molecule has 1 fully saturated rings. The first-order chi connectivity index (χ1) is 25.3. The maximum Gasteiger partial charge on any atom is 0.408 e. The largest absolute Gasteiger partial charge is 0.506 e. The molecule has 0 saturated carbocycles. The maximum atomic E-state index is 13.1. The van der Waals surface area contributed by atoms with E-state index in [1.165, 1.54) is 12.1 Å². The van der Waals surface area contributed by atoms with E-state index in [2.05, 4.69) is 20.9 Å². The second kappa shape index (κ2) is 17.2. The molecule has 52 heavy (non-hydrogen) atoms. The fourth-order valence-corrected chi connectivity index (χ4v) is 6.71. The predicted octanol–water partition coefficient (Wildman–Crippen LogP) is 5.85. The monoisotopic (exact) mass is 706 g/mol. The van der Waals surface area contributed by atoms with E-state index < -0.39 is 18.2 Å². The molecular formula is C41H46N4O7. The van der Waals surface area contributed by atoms with Crippen LogP contribution in [0.25, 0.3) is 10.9 Å². The smallest absolute Gasteiger partial charge is 0.408 e. The van der Waals surface area contributed by atoms with Crippen LogP contribution in [0.5, 0.6) is 17.2 Å². The first-order valence-electron chi connectivity index (χ1n) is 17.6. The topological polar surface area (TPSA) is 154 Å². The Kier molecular flexibility index (Phi) is 12.1. The van der Waals surface area contributed by atoms with Crippen LogP contribution in [0.15, 0.2) is 102 Å². The summed E-state index contributed by atoms with van der Waals surface area (Å²) in [7, 11) is 1.61. The van der Waals surface area contributed by atoms with Gasteiger partial charge in [-0.3, -0.25) is 4.79 Å². The number of ether oxygens (including phenoxy) is 3. The first kappa shape index (κ1) is 36.4. The number of pyridine rings is 1. The van der Waals surface area contributed by atoms with Gasteiger partial charge in [-0.1, -0.05) is 60.7 Å². The molecule has 6 N–H and O–H groups in total. The Hall–Kier alpha value is -5.36. The van der Waals surface area contributed by atoms with Crippen molar-refractivity contribution in [2.75, 3.05) is 26.7 Å². The molecule has 1 amide bonds. The quantitative estimate of drug-likeness (QED) is 0.0835. The molecule has 272 valence electrons. The van der Waals surface area contributed by atoms with Gasteiger partial charge in [-0.2, -0.15) is 0 Å². The molecule has 2 heterocycles. The number of hydrogen-bond donors (Lipinski definition) is 6. The van der Waals surface area contributed by atoms with Crippen molar-refractivity contribution in [2.24, 2.45) is 5.92 Å². The van der Waals surface area contributed by atoms with Crippen molar-refractivity contribution in [2.45, 2.75) is 51.2 Å². The molecule has 2 unspecified atom stereocenters. The van der Waals surface area contributed by atoms with Crippen molar-refractivity contribution in [3.8, 4) is 17.2 Å². The highest BCUT2D eigenvalue weighted by Gasteiger charge is 2.25. The van der Waals surface area contributed by atoms with Crippen LogP contribution in [0.2, 0.25) is 0 Å². The van der Waals surface area contributed by atoms with Crippen molar-refractivity contribution >= 4 is 17.0 Å². The van der Waals surface area contributed by atoms with Crippen LogP contribution in [0.1, 0.15) is 59.7 Å². The van der Waals surface area contributed by atoms with E-state index in [9.17, 15) is 19.8 Å². The average molecular weight is 707 g/mol. The van der Waals surface area contributed by atoms with Crippen molar-refractivity contribution in [3.63, 3.8) is 0 Å². The number of nitrogens with one attached hydrogen (secondary N) is 4. The van der Waals surface area contributed by atoms with E-state index in [-0.39, 0.29) is 24.0 Å². The number of alkyl carbamates (subject to hydrolysis) is 1. The summed E-state index contributed by atoms with van der Waals surface area (Å²) in [5, 5.41) is 31.4. The average Bonchev–Trinajstić information content (AvgIpc) is 3.17. The number of hydrogen-bond acceptors (Lipinski definition) is 9. The van der Waals surface area contributed by atoms with Crippen LogP contribution in [-0.4, -0.2) is 54.1 Å². The molecule has 5 aromatic rings. The second-order valence-corrected chi connectivity index (χ2v) is 13.1. The van der Waals surface area contributed by atoms with Gasteiger partial charge in [-0.15, -0.1) is 0 Å². The molecule has 0 spiro atoms. The lowest BCUT2D eigenvalue weighted by Crippen LogP contribution is -2.38. The number of rotatable bonds is 14. The van der Waals surface area contributed by atoms with Gasteiger partial charge in [0.05, 0.1) is 24.8 Å². The number of aromatic nitrogens is 1. The highest BCUT2D eigenvalue weighted by molar-refractivity contribution is 5.87. The van der Waals surface area contributed by atoms with Crippen molar-refractivity contribution in [1.82, 2.24) is 20.9 Å². The minimum atomic E-state index is -0.881. The third-order valence-electron chi connectivity index (χ3n) is 9.60. The number of phenolic OH excluding ortho intramolecular Hbond substituents is 1. The summed E-state index contributed by atoms with van der Waals surface area (Å²) in [5.41, 5.74) is 4.16. The number of carbonyl (C=O) groups excluding carboxylic acids is 1. The van der Waals surface area contributed by atoms with Gasteiger partial charge in [0, 0.05) is 30.1 Å².